The molecule has 10 heteroatoms. The lowest BCUT2D eigenvalue weighted by molar-refractivity contribution is -0.129. The molecule has 0 aliphatic carbocycles. The molecular formula is C24H20F6N2O2. The van der Waals surface area contributed by atoms with E-state index in [-0.39, 0.29) is 19.5 Å². The Morgan fingerprint density at radius 2 is 1.12 bits per heavy atom. The number of carbonyl (C=O) groups is 1. The number of hydroxylamine groups is 1. The van der Waals surface area contributed by atoms with Gasteiger partial charge in [-0.05, 0) is 35.2 Å². The summed E-state index contributed by atoms with van der Waals surface area (Å²) in [5, 5.41) is 8.55. The zero-order valence-corrected chi connectivity index (χ0v) is 17.7. The van der Waals surface area contributed by atoms with Crippen molar-refractivity contribution in [3.63, 3.8) is 0 Å². The number of nitrogens with zero attached hydrogens (tertiary/aromatic N) is 1. The molecule has 1 amide bonds. The first kappa shape index (κ1) is 25.3. The van der Waals surface area contributed by atoms with Crippen LogP contribution in [0.5, 0.6) is 0 Å². The summed E-state index contributed by atoms with van der Waals surface area (Å²) in [4.78, 5) is 12.6. The van der Waals surface area contributed by atoms with Crippen LogP contribution in [0.2, 0.25) is 0 Å². The summed E-state index contributed by atoms with van der Waals surface area (Å²) in [5.41, 5.74) is 2.59. The number of amides is 1. The van der Waals surface area contributed by atoms with Crippen molar-refractivity contribution in [2.45, 2.75) is 32.5 Å². The molecule has 0 saturated carbocycles. The summed E-state index contributed by atoms with van der Waals surface area (Å²) in [5.74, 6) is -11.1. The Balaban J connectivity index is 1.85. The van der Waals surface area contributed by atoms with Gasteiger partial charge in [-0.25, -0.2) is 31.8 Å². The first-order valence-electron chi connectivity index (χ1n) is 10.2. The molecule has 2 N–H and O–H groups in total. The maximum atomic E-state index is 14.3. The highest BCUT2D eigenvalue weighted by atomic mass is 19.2. The minimum Gasteiger partial charge on any atom is -0.290 e. The Morgan fingerprint density at radius 3 is 1.62 bits per heavy atom. The van der Waals surface area contributed by atoms with Crippen LogP contribution in [0.15, 0.2) is 48.5 Å². The van der Waals surface area contributed by atoms with E-state index in [1.807, 2.05) is 0 Å². The Morgan fingerprint density at radius 1 is 0.676 bits per heavy atom. The number of benzene rings is 3. The standard InChI is InChI=1S/C24H20F6N2O2/c25-17-8-5-16(6-9-17)12-32(13-18-20(26)22(28)24(30)23(29)21(18)27)11-15-3-1-14(2-4-15)7-10-19(33)31-34/h1-6,8-9,34H,7,10-13H2,(H,31,33). The van der Waals surface area contributed by atoms with E-state index in [1.165, 1.54) is 34.6 Å². The van der Waals surface area contributed by atoms with Gasteiger partial charge < -0.3 is 0 Å². The molecule has 0 radical (unpaired) electrons. The lowest BCUT2D eigenvalue weighted by Gasteiger charge is -2.24. The predicted molar refractivity (Wildman–Crippen MR) is 110 cm³/mol. The van der Waals surface area contributed by atoms with Gasteiger partial charge in [-0.15, -0.1) is 0 Å². The number of carbonyl (C=O) groups excluding carboxylic acids is 1. The Bertz CT molecular complexity index is 1120. The zero-order chi connectivity index (χ0) is 24.8. The first-order chi connectivity index (χ1) is 16.2. The van der Waals surface area contributed by atoms with E-state index >= 15 is 0 Å². The average Bonchev–Trinajstić information content (AvgIpc) is 2.84. The molecule has 3 aromatic carbocycles. The molecule has 0 aliphatic rings. The second kappa shape index (κ2) is 11.2. The van der Waals surface area contributed by atoms with Gasteiger partial charge in [0.1, 0.15) is 5.82 Å². The van der Waals surface area contributed by atoms with E-state index in [1.54, 1.807) is 24.3 Å². The van der Waals surface area contributed by atoms with Crippen LogP contribution >= 0.6 is 0 Å². The van der Waals surface area contributed by atoms with E-state index < -0.39 is 52.9 Å². The van der Waals surface area contributed by atoms with Crippen molar-refractivity contribution < 1.29 is 36.3 Å². The van der Waals surface area contributed by atoms with Crippen LogP contribution in [0, 0.1) is 34.9 Å². The fourth-order valence-corrected chi connectivity index (χ4v) is 3.41. The van der Waals surface area contributed by atoms with Gasteiger partial charge in [0, 0.05) is 31.6 Å². The van der Waals surface area contributed by atoms with E-state index in [0.717, 1.165) is 5.56 Å². The van der Waals surface area contributed by atoms with Crippen LogP contribution in [0.4, 0.5) is 26.3 Å². The summed E-state index contributed by atoms with van der Waals surface area (Å²) >= 11 is 0. The highest BCUT2D eigenvalue weighted by Crippen LogP contribution is 2.25. The van der Waals surface area contributed by atoms with Crippen LogP contribution < -0.4 is 5.48 Å². The zero-order valence-electron chi connectivity index (χ0n) is 17.7. The molecule has 0 bridgehead atoms. The maximum Gasteiger partial charge on any atom is 0.243 e. The number of hydrogen-bond acceptors (Lipinski definition) is 3. The van der Waals surface area contributed by atoms with Crippen molar-refractivity contribution in [3.05, 3.63) is 106 Å². The van der Waals surface area contributed by atoms with Gasteiger partial charge in [0.05, 0.1) is 0 Å². The lowest BCUT2D eigenvalue weighted by atomic mass is 10.1. The highest BCUT2D eigenvalue weighted by molar-refractivity contribution is 5.74. The highest BCUT2D eigenvalue weighted by Gasteiger charge is 2.27. The molecule has 0 heterocycles. The Labute approximate surface area is 191 Å². The summed E-state index contributed by atoms with van der Waals surface area (Å²) in [7, 11) is 0. The van der Waals surface area contributed by atoms with Gasteiger partial charge >= 0.3 is 0 Å². The second-order valence-electron chi connectivity index (χ2n) is 7.67. The van der Waals surface area contributed by atoms with E-state index in [2.05, 4.69) is 0 Å². The fourth-order valence-electron chi connectivity index (χ4n) is 3.41. The molecule has 0 aromatic heterocycles. The third-order valence-corrected chi connectivity index (χ3v) is 5.20. The van der Waals surface area contributed by atoms with Gasteiger partial charge in [-0.2, -0.15) is 0 Å². The number of halogens is 6. The molecule has 0 unspecified atom stereocenters. The van der Waals surface area contributed by atoms with Crippen LogP contribution in [0.25, 0.3) is 0 Å². The quantitative estimate of drug-likeness (QED) is 0.146. The summed E-state index contributed by atoms with van der Waals surface area (Å²) in [6.45, 7) is -0.478. The van der Waals surface area contributed by atoms with Gasteiger partial charge in [0.15, 0.2) is 23.3 Å². The van der Waals surface area contributed by atoms with E-state index in [0.29, 0.717) is 17.5 Å². The average molecular weight is 482 g/mol. The van der Waals surface area contributed by atoms with Gasteiger partial charge in [-0.3, -0.25) is 14.9 Å². The molecule has 4 nitrogen and oxygen atoms in total. The van der Waals surface area contributed by atoms with Crippen molar-refractivity contribution in [3.8, 4) is 0 Å². The molecule has 0 atom stereocenters. The molecule has 3 aromatic rings. The first-order valence-corrected chi connectivity index (χ1v) is 10.2. The minimum atomic E-state index is -2.23. The second-order valence-corrected chi connectivity index (χ2v) is 7.67. The number of hydrogen-bond donors (Lipinski definition) is 2. The third kappa shape index (κ3) is 6.15. The Kier molecular flexibility index (Phi) is 8.30. The van der Waals surface area contributed by atoms with Crippen LogP contribution in [0.3, 0.4) is 0 Å². The molecule has 3 rings (SSSR count). The lowest BCUT2D eigenvalue weighted by Crippen LogP contribution is -2.25. The van der Waals surface area contributed by atoms with Crippen molar-refractivity contribution >= 4 is 5.91 Å². The van der Waals surface area contributed by atoms with Crippen molar-refractivity contribution in [1.29, 1.82) is 0 Å². The van der Waals surface area contributed by atoms with Crippen molar-refractivity contribution in [1.82, 2.24) is 10.4 Å². The number of nitrogens with one attached hydrogen (secondary N) is 1. The molecule has 0 spiro atoms. The third-order valence-electron chi connectivity index (χ3n) is 5.20. The predicted octanol–water partition coefficient (Wildman–Crippen LogP) is 5.16. The van der Waals surface area contributed by atoms with Gasteiger partial charge in [0.25, 0.3) is 0 Å². The topological polar surface area (TPSA) is 52.6 Å². The maximum absolute atomic E-state index is 14.3. The molecular weight excluding hydrogens is 462 g/mol. The largest absolute Gasteiger partial charge is 0.290 e. The molecule has 180 valence electrons. The fraction of sp³-hybridized carbons (Fsp3) is 0.208. The minimum absolute atomic E-state index is 0.0399. The van der Waals surface area contributed by atoms with Crippen molar-refractivity contribution in [2.75, 3.05) is 0 Å². The monoisotopic (exact) mass is 482 g/mol. The van der Waals surface area contributed by atoms with E-state index in [4.69, 9.17) is 5.21 Å². The Hall–Kier alpha value is -3.37. The van der Waals surface area contributed by atoms with Gasteiger partial charge in [-0.1, -0.05) is 36.4 Å². The normalized spacial score (nSPS) is 11.2. The van der Waals surface area contributed by atoms with Crippen LogP contribution in [0.1, 0.15) is 28.7 Å². The van der Waals surface area contributed by atoms with Crippen LogP contribution in [-0.4, -0.2) is 16.0 Å². The summed E-state index contributed by atoms with van der Waals surface area (Å²) in [6.07, 6.45) is 0.420. The van der Waals surface area contributed by atoms with E-state index in [9.17, 15) is 31.1 Å². The molecule has 0 saturated heterocycles. The van der Waals surface area contributed by atoms with Crippen molar-refractivity contribution in [2.24, 2.45) is 0 Å². The number of rotatable bonds is 9. The molecule has 0 fully saturated rings. The smallest absolute Gasteiger partial charge is 0.243 e. The summed E-state index contributed by atoms with van der Waals surface area (Å²) < 4.78 is 82.6. The SMILES string of the molecule is O=C(CCc1ccc(CN(Cc2ccc(F)cc2)Cc2c(F)c(F)c(F)c(F)c2F)cc1)NO. The molecule has 0 aliphatic heterocycles. The number of aryl methyl sites for hydroxylation is 1. The van der Waals surface area contributed by atoms with Crippen LogP contribution in [-0.2, 0) is 30.8 Å². The summed E-state index contributed by atoms with van der Waals surface area (Å²) in [6, 6.07) is 12.1. The molecule has 34 heavy (non-hydrogen) atoms. The van der Waals surface area contributed by atoms with Gasteiger partial charge in [0.2, 0.25) is 11.7 Å².